The lowest BCUT2D eigenvalue weighted by Crippen LogP contribution is -2.06. The number of hydrogen-bond acceptors (Lipinski definition) is 0. The van der Waals surface area contributed by atoms with Crippen LogP contribution in [0.1, 0.15) is 11.1 Å². The first kappa shape index (κ1) is 41.5. The molecular weight excluding hydrogens is 856 g/mol. The minimum absolute atomic E-state index is 0.239. The molecular formula is C63H40F3N3. The highest BCUT2D eigenvalue weighted by Crippen LogP contribution is 2.46. The first-order chi connectivity index (χ1) is 33.7. The fourth-order valence-electron chi connectivity index (χ4n) is 10.2. The van der Waals surface area contributed by atoms with Gasteiger partial charge in [0.2, 0.25) is 0 Å². The third-order valence-corrected chi connectivity index (χ3v) is 13.4. The van der Waals surface area contributed by atoms with Gasteiger partial charge in [0, 0.05) is 21.5 Å². The standard InChI is InChI=1S/C63H40F3N3/c1-40-31-49(33-50(32-40)63(64,65)66)51-38-61(68-57-27-23-45(41-15-7-3-8-16-41)34-52(57)53-35-46(24-28-58(53)68)42-17-9-4-10-18-42)62(39-56(51)67-2)69-59-29-25-47(43-19-11-5-12-20-43)36-54(59)55-37-48(26-30-60(55)69)44-21-13-6-14-22-44/h3-39H,1H3. The summed E-state index contributed by atoms with van der Waals surface area (Å²) in [5, 5.41) is 4.09. The molecule has 0 bridgehead atoms. The number of fused-ring (bicyclic) bond motifs is 6. The molecule has 0 unspecified atom stereocenters. The molecule has 0 N–H and O–H groups in total. The van der Waals surface area contributed by atoms with Crippen molar-refractivity contribution in [3.8, 4) is 67.0 Å². The van der Waals surface area contributed by atoms with Crippen LogP contribution in [-0.4, -0.2) is 9.13 Å². The molecule has 0 saturated carbocycles. The molecule has 12 rings (SSSR count). The lowest BCUT2D eigenvalue weighted by atomic mass is 9.97. The predicted octanol–water partition coefficient (Wildman–Crippen LogP) is 18.1. The zero-order valence-electron chi connectivity index (χ0n) is 37.3. The van der Waals surface area contributed by atoms with Gasteiger partial charge in [-0.1, -0.05) is 152 Å². The van der Waals surface area contributed by atoms with Gasteiger partial charge >= 0.3 is 6.18 Å². The molecule has 0 aliphatic heterocycles. The van der Waals surface area contributed by atoms with Crippen LogP contribution in [0.15, 0.2) is 224 Å². The number of halogens is 3. The average molecular weight is 896 g/mol. The first-order valence-corrected chi connectivity index (χ1v) is 22.8. The van der Waals surface area contributed by atoms with E-state index in [9.17, 15) is 13.2 Å². The van der Waals surface area contributed by atoms with E-state index in [0.29, 0.717) is 28.1 Å². The smallest absolute Gasteiger partial charge is 0.308 e. The quantitative estimate of drug-likeness (QED) is 0.142. The van der Waals surface area contributed by atoms with Gasteiger partial charge in [0.1, 0.15) is 0 Å². The highest BCUT2D eigenvalue weighted by molar-refractivity contribution is 6.14. The number of aryl methyl sites for hydroxylation is 1. The van der Waals surface area contributed by atoms with Crippen molar-refractivity contribution in [2.45, 2.75) is 13.1 Å². The molecule has 0 fully saturated rings. The van der Waals surface area contributed by atoms with Gasteiger partial charge in [-0.2, -0.15) is 13.2 Å². The summed E-state index contributed by atoms with van der Waals surface area (Å²) >= 11 is 0. The molecule has 328 valence electrons. The van der Waals surface area contributed by atoms with E-state index in [1.807, 2.05) is 84.9 Å². The van der Waals surface area contributed by atoms with Crippen molar-refractivity contribution in [3.63, 3.8) is 0 Å². The Labute approximate surface area is 397 Å². The molecule has 69 heavy (non-hydrogen) atoms. The van der Waals surface area contributed by atoms with E-state index in [2.05, 4.69) is 135 Å². The van der Waals surface area contributed by atoms with Gasteiger partial charge in [-0.15, -0.1) is 0 Å². The van der Waals surface area contributed by atoms with Crippen LogP contribution in [0.25, 0.3) is 115 Å². The largest absolute Gasteiger partial charge is 0.416 e. The highest BCUT2D eigenvalue weighted by Gasteiger charge is 2.32. The highest BCUT2D eigenvalue weighted by atomic mass is 19.4. The lowest BCUT2D eigenvalue weighted by Gasteiger charge is -2.20. The predicted molar refractivity (Wildman–Crippen MR) is 278 cm³/mol. The second-order valence-corrected chi connectivity index (χ2v) is 17.6. The molecule has 2 heterocycles. The Balaban J connectivity index is 1.21. The van der Waals surface area contributed by atoms with E-state index in [1.165, 1.54) is 6.07 Å². The molecule has 0 aliphatic carbocycles. The first-order valence-electron chi connectivity index (χ1n) is 22.8. The van der Waals surface area contributed by atoms with Crippen molar-refractivity contribution in [2.75, 3.05) is 0 Å². The Morgan fingerprint density at radius 2 is 0.710 bits per heavy atom. The normalized spacial score (nSPS) is 11.8. The third-order valence-electron chi connectivity index (χ3n) is 13.4. The minimum atomic E-state index is -4.58. The molecule has 0 spiro atoms. The SMILES string of the molecule is [C-]#[N+]c1cc(-n2c3ccc(-c4ccccc4)cc3c3cc(-c4ccccc4)ccc32)c(-n2c3ccc(-c4ccccc4)cc3c3cc(-c4ccccc4)ccc32)cc1-c1cc(C)cc(C(F)(F)F)c1. The molecule has 0 aliphatic rings. The molecule has 3 nitrogen and oxygen atoms in total. The molecule has 6 heteroatoms. The number of rotatable bonds is 7. The van der Waals surface area contributed by atoms with Crippen LogP contribution in [0.4, 0.5) is 18.9 Å². The summed E-state index contributed by atoms with van der Waals surface area (Å²) in [5.41, 5.74) is 14.4. The molecule has 12 aromatic rings. The van der Waals surface area contributed by atoms with Gasteiger partial charge < -0.3 is 9.13 Å². The van der Waals surface area contributed by atoms with E-state index in [-0.39, 0.29) is 5.69 Å². The van der Waals surface area contributed by atoms with Crippen LogP contribution in [0.2, 0.25) is 0 Å². The molecule has 0 amide bonds. The van der Waals surface area contributed by atoms with Gasteiger partial charge in [0.25, 0.3) is 0 Å². The summed E-state index contributed by atoms with van der Waals surface area (Å²) in [6, 6.07) is 75.2. The average Bonchev–Trinajstić information content (AvgIpc) is 3.90. The van der Waals surface area contributed by atoms with Crippen LogP contribution in [0, 0.1) is 13.5 Å². The Kier molecular flexibility index (Phi) is 9.89. The van der Waals surface area contributed by atoms with E-state index in [4.69, 9.17) is 6.57 Å². The van der Waals surface area contributed by atoms with Crippen LogP contribution < -0.4 is 0 Å². The van der Waals surface area contributed by atoms with Crippen LogP contribution in [0.3, 0.4) is 0 Å². The van der Waals surface area contributed by atoms with Gasteiger partial charge in [0.15, 0.2) is 5.69 Å². The van der Waals surface area contributed by atoms with Crippen LogP contribution in [-0.2, 0) is 6.18 Å². The van der Waals surface area contributed by atoms with Crippen LogP contribution >= 0.6 is 0 Å². The Hall–Kier alpha value is -8.92. The fourth-order valence-corrected chi connectivity index (χ4v) is 10.2. The Morgan fingerprint density at radius 1 is 0.362 bits per heavy atom. The third kappa shape index (κ3) is 7.24. The number of nitrogens with zero attached hydrogens (tertiary/aromatic N) is 3. The van der Waals surface area contributed by atoms with Crippen molar-refractivity contribution >= 4 is 49.3 Å². The van der Waals surface area contributed by atoms with Gasteiger partial charge in [-0.3, -0.25) is 0 Å². The molecule has 0 radical (unpaired) electrons. The maximum absolute atomic E-state index is 14.6. The zero-order valence-corrected chi connectivity index (χ0v) is 37.3. The molecule has 2 aromatic heterocycles. The van der Waals surface area contributed by atoms with Gasteiger partial charge in [0.05, 0.1) is 45.6 Å². The number of hydrogen-bond donors (Lipinski definition) is 0. The number of alkyl halides is 3. The lowest BCUT2D eigenvalue weighted by molar-refractivity contribution is -0.137. The van der Waals surface area contributed by atoms with Crippen molar-refractivity contribution < 1.29 is 13.2 Å². The summed E-state index contributed by atoms with van der Waals surface area (Å²) in [7, 11) is 0. The summed E-state index contributed by atoms with van der Waals surface area (Å²) in [4.78, 5) is 4.09. The fraction of sp³-hybridized carbons (Fsp3) is 0.0317. The Bertz CT molecular complexity index is 3800. The Morgan fingerprint density at radius 3 is 1.04 bits per heavy atom. The van der Waals surface area contributed by atoms with Crippen molar-refractivity contribution in [3.05, 3.63) is 247 Å². The topological polar surface area (TPSA) is 14.2 Å². The zero-order chi connectivity index (χ0) is 46.8. The molecule has 0 atom stereocenters. The summed E-state index contributed by atoms with van der Waals surface area (Å²) in [6.45, 7) is 10.3. The maximum atomic E-state index is 14.6. The minimum Gasteiger partial charge on any atom is -0.308 e. The van der Waals surface area contributed by atoms with Crippen molar-refractivity contribution in [1.29, 1.82) is 0 Å². The summed E-state index contributed by atoms with van der Waals surface area (Å²) < 4.78 is 48.1. The monoisotopic (exact) mass is 895 g/mol. The van der Waals surface area contributed by atoms with Crippen LogP contribution in [0.5, 0.6) is 0 Å². The molecule has 10 aromatic carbocycles. The van der Waals surface area contributed by atoms with E-state index >= 15 is 0 Å². The summed E-state index contributed by atoms with van der Waals surface area (Å²) in [6.07, 6.45) is -4.58. The summed E-state index contributed by atoms with van der Waals surface area (Å²) in [5.74, 6) is 0. The van der Waals surface area contributed by atoms with E-state index in [0.717, 1.165) is 94.2 Å². The van der Waals surface area contributed by atoms with E-state index in [1.54, 1.807) is 13.0 Å². The number of aromatic nitrogens is 2. The van der Waals surface area contributed by atoms with Crippen molar-refractivity contribution in [2.24, 2.45) is 0 Å². The molecule has 0 saturated heterocycles. The van der Waals surface area contributed by atoms with Gasteiger partial charge in [-0.25, -0.2) is 4.85 Å². The second kappa shape index (κ2) is 16.4. The maximum Gasteiger partial charge on any atom is 0.416 e. The van der Waals surface area contributed by atoms with Gasteiger partial charge in [-0.05, 0) is 141 Å². The van der Waals surface area contributed by atoms with E-state index < -0.39 is 11.7 Å². The van der Waals surface area contributed by atoms with Crippen molar-refractivity contribution in [1.82, 2.24) is 9.13 Å². The second-order valence-electron chi connectivity index (χ2n) is 17.6. The number of benzene rings is 10.